The van der Waals surface area contributed by atoms with Gasteiger partial charge >= 0.3 is 0 Å². The number of hydrogen-bond acceptors (Lipinski definition) is 6. The fourth-order valence-electron chi connectivity index (χ4n) is 3.70. The third-order valence-corrected chi connectivity index (χ3v) is 6.73. The van der Waals surface area contributed by atoms with Gasteiger partial charge in [0.1, 0.15) is 10.8 Å². The maximum absolute atomic E-state index is 12.4. The Morgan fingerprint density at radius 3 is 2.69 bits per heavy atom. The van der Waals surface area contributed by atoms with E-state index in [1.165, 1.54) is 41.1 Å². The number of nitro groups is 1. The third-order valence-electron chi connectivity index (χ3n) is 5.45. The van der Waals surface area contributed by atoms with Gasteiger partial charge in [0.25, 0.3) is 5.69 Å². The van der Waals surface area contributed by atoms with Crippen molar-refractivity contribution in [2.45, 2.75) is 43.8 Å². The van der Waals surface area contributed by atoms with E-state index < -0.39 is 4.92 Å². The summed E-state index contributed by atoms with van der Waals surface area (Å²) in [6.45, 7) is 4.83. The molecule has 1 aliphatic carbocycles. The molecule has 0 unspecified atom stereocenters. The van der Waals surface area contributed by atoms with Crippen LogP contribution >= 0.6 is 23.4 Å². The minimum absolute atomic E-state index is 0.0231. The number of carbonyl (C=O) groups is 1. The van der Waals surface area contributed by atoms with Crippen molar-refractivity contribution < 1.29 is 9.72 Å². The quantitative estimate of drug-likeness (QED) is 0.276. The Kier molecular flexibility index (Phi) is 6.48. The first-order valence-electron chi connectivity index (χ1n) is 10.2. The standard InChI is InChI=1S/C22H22ClN5O3S/c1-3-27-21(17-11-16(17)14-6-4-13(2)5-7-14)25-26-22(27)32-12-20(29)24-15-8-9-18(23)19(10-15)28(30)31/h4-10,16-17H,3,11-12H2,1-2H3,(H,24,29)/t16-,17-/m0/s1. The van der Waals surface area contributed by atoms with Crippen LogP contribution < -0.4 is 5.32 Å². The lowest BCUT2D eigenvalue weighted by Crippen LogP contribution is -2.15. The van der Waals surface area contributed by atoms with Gasteiger partial charge in [-0.25, -0.2) is 0 Å². The van der Waals surface area contributed by atoms with E-state index in [0.29, 0.717) is 29.2 Å². The maximum Gasteiger partial charge on any atom is 0.289 e. The smallest absolute Gasteiger partial charge is 0.289 e. The normalized spacial score (nSPS) is 17.2. The van der Waals surface area contributed by atoms with Gasteiger partial charge in [-0.05, 0) is 43.9 Å². The number of nitro benzene ring substituents is 1. The Bertz CT molecular complexity index is 1160. The zero-order valence-electron chi connectivity index (χ0n) is 17.6. The van der Waals surface area contributed by atoms with Crippen molar-refractivity contribution in [3.63, 3.8) is 0 Å². The van der Waals surface area contributed by atoms with Gasteiger partial charge in [-0.15, -0.1) is 10.2 Å². The molecule has 10 heteroatoms. The van der Waals surface area contributed by atoms with E-state index in [9.17, 15) is 14.9 Å². The Labute approximate surface area is 194 Å². The van der Waals surface area contributed by atoms with Crippen LogP contribution in [0.25, 0.3) is 0 Å². The summed E-state index contributed by atoms with van der Waals surface area (Å²) in [4.78, 5) is 22.8. The van der Waals surface area contributed by atoms with E-state index in [2.05, 4.69) is 51.3 Å². The highest BCUT2D eigenvalue weighted by Gasteiger charge is 2.43. The highest BCUT2D eigenvalue weighted by atomic mass is 35.5. The fourth-order valence-corrected chi connectivity index (χ4v) is 4.69. The predicted octanol–water partition coefficient (Wildman–Crippen LogP) is 5.17. The minimum Gasteiger partial charge on any atom is -0.325 e. The molecule has 1 heterocycles. The molecule has 0 radical (unpaired) electrons. The summed E-state index contributed by atoms with van der Waals surface area (Å²) in [6.07, 6.45) is 1.04. The van der Waals surface area contributed by atoms with Crippen LogP contribution in [0.3, 0.4) is 0 Å². The van der Waals surface area contributed by atoms with Gasteiger partial charge in [-0.1, -0.05) is 53.2 Å². The molecule has 3 aromatic rings. The zero-order valence-corrected chi connectivity index (χ0v) is 19.2. The number of nitrogens with zero attached hydrogens (tertiary/aromatic N) is 4. The summed E-state index contributed by atoms with van der Waals surface area (Å²) >= 11 is 7.11. The molecule has 2 aromatic carbocycles. The van der Waals surface area contributed by atoms with E-state index in [1.807, 2.05) is 6.92 Å². The lowest BCUT2D eigenvalue weighted by Gasteiger charge is -2.08. The van der Waals surface area contributed by atoms with Gasteiger partial charge in [-0.2, -0.15) is 0 Å². The molecule has 32 heavy (non-hydrogen) atoms. The van der Waals surface area contributed by atoms with Gasteiger partial charge in [0.15, 0.2) is 5.16 Å². The molecule has 2 atom stereocenters. The van der Waals surface area contributed by atoms with E-state index >= 15 is 0 Å². The molecule has 1 aliphatic rings. The lowest BCUT2D eigenvalue weighted by atomic mass is 10.1. The van der Waals surface area contributed by atoms with Crippen LogP contribution in [0.1, 0.15) is 42.1 Å². The number of aromatic nitrogens is 3. The van der Waals surface area contributed by atoms with Crippen LogP contribution in [0.4, 0.5) is 11.4 Å². The number of halogens is 1. The van der Waals surface area contributed by atoms with Crippen molar-refractivity contribution in [2.75, 3.05) is 11.1 Å². The number of thioether (sulfide) groups is 1. The van der Waals surface area contributed by atoms with Crippen LogP contribution in [0.2, 0.25) is 5.02 Å². The molecule has 1 aromatic heterocycles. The second-order valence-corrected chi connectivity index (χ2v) is 9.05. The van der Waals surface area contributed by atoms with Crippen molar-refractivity contribution in [1.29, 1.82) is 0 Å². The topological polar surface area (TPSA) is 103 Å². The first-order chi connectivity index (χ1) is 15.4. The molecule has 0 spiro atoms. The van der Waals surface area contributed by atoms with Crippen molar-refractivity contribution in [3.8, 4) is 0 Å². The first-order valence-corrected chi connectivity index (χ1v) is 11.6. The molecule has 1 N–H and O–H groups in total. The Balaban J connectivity index is 1.39. The van der Waals surface area contributed by atoms with E-state index in [-0.39, 0.29) is 22.4 Å². The molecule has 1 saturated carbocycles. The number of hydrogen-bond donors (Lipinski definition) is 1. The van der Waals surface area contributed by atoms with Crippen LogP contribution in [0.5, 0.6) is 0 Å². The molecule has 0 aliphatic heterocycles. The number of benzene rings is 2. The van der Waals surface area contributed by atoms with Crippen molar-refractivity contribution in [1.82, 2.24) is 14.8 Å². The van der Waals surface area contributed by atoms with Crippen molar-refractivity contribution >= 4 is 40.6 Å². The van der Waals surface area contributed by atoms with E-state index in [1.54, 1.807) is 0 Å². The molecule has 4 rings (SSSR count). The summed E-state index contributed by atoms with van der Waals surface area (Å²) in [5.74, 6) is 1.56. The average molecular weight is 472 g/mol. The summed E-state index contributed by atoms with van der Waals surface area (Å²) in [7, 11) is 0. The summed E-state index contributed by atoms with van der Waals surface area (Å²) in [6, 6.07) is 12.8. The number of nitrogens with one attached hydrogen (secondary N) is 1. The van der Waals surface area contributed by atoms with E-state index in [4.69, 9.17) is 11.6 Å². The number of anilines is 1. The Morgan fingerprint density at radius 1 is 1.25 bits per heavy atom. The highest BCUT2D eigenvalue weighted by Crippen LogP contribution is 2.54. The maximum atomic E-state index is 12.4. The van der Waals surface area contributed by atoms with Gasteiger partial charge in [0, 0.05) is 24.2 Å². The molecular formula is C22H22ClN5O3S. The Morgan fingerprint density at radius 2 is 2.00 bits per heavy atom. The third kappa shape index (κ3) is 4.78. The zero-order chi connectivity index (χ0) is 22.8. The van der Waals surface area contributed by atoms with Gasteiger partial charge in [0.2, 0.25) is 5.91 Å². The van der Waals surface area contributed by atoms with Gasteiger partial charge < -0.3 is 9.88 Å². The minimum atomic E-state index is -0.584. The van der Waals surface area contributed by atoms with Crippen LogP contribution in [-0.2, 0) is 11.3 Å². The second-order valence-electron chi connectivity index (χ2n) is 7.70. The molecule has 166 valence electrons. The summed E-state index contributed by atoms with van der Waals surface area (Å²) in [5.41, 5.74) is 2.63. The highest BCUT2D eigenvalue weighted by molar-refractivity contribution is 7.99. The molecular weight excluding hydrogens is 450 g/mol. The predicted molar refractivity (Wildman–Crippen MR) is 124 cm³/mol. The summed E-state index contributed by atoms with van der Waals surface area (Å²) in [5, 5.41) is 23.1. The van der Waals surface area contributed by atoms with Crippen molar-refractivity contribution in [2.24, 2.45) is 0 Å². The van der Waals surface area contributed by atoms with E-state index in [0.717, 1.165) is 12.2 Å². The number of amides is 1. The first kappa shape index (κ1) is 22.3. The van der Waals surface area contributed by atoms with Crippen LogP contribution in [0.15, 0.2) is 47.6 Å². The lowest BCUT2D eigenvalue weighted by molar-refractivity contribution is -0.384. The van der Waals surface area contributed by atoms with Gasteiger partial charge in [0.05, 0.1) is 10.7 Å². The fraction of sp³-hybridized carbons (Fsp3) is 0.318. The number of rotatable bonds is 8. The number of aryl methyl sites for hydroxylation is 1. The second kappa shape index (κ2) is 9.30. The molecule has 1 amide bonds. The largest absolute Gasteiger partial charge is 0.325 e. The summed E-state index contributed by atoms with van der Waals surface area (Å²) < 4.78 is 2.06. The van der Waals surface area contributed by atoms with Crippen molar-refractivity contribution in [3.05, 3.63) is 74.6 Å². The Hall–Kier alpha value is -2.91. The van der Waals surface area contributed by atoms with Gasteiger partial charge in [-0.3, -0.25) is 14.9 Å². The molecule has 0 bridgehead atoms. The average Bonchev–Trinajstić information content (AvgIpc) is 3.45. The van der Waals surface area contributed by atoms with Crippen LogP contribution in [-0.4, -0.2) is 31.3 Å². The molecule has 8 nitrogen and oxygen atoms in total. The number of carbonyl (C=O) groups excluding carboxylic acids is 1. The molecule has 0 saturated heterocycles. The van der Waals surface area contributed by atoms with Crippen LogP contribution in [0, 0.1) is 17.0 Å². The molecule has 1 fully saturated rings. The monoisotopic (exact) mass is 471 g/mol. The SMILES string of the molecule is CCn1c(SCC(=O)Nc2ccc(Cl)c([N+](=O)[O-])c2)nnc1[C@H]1C[C@H]1c1ccc(C)cc1.